The fourth-order valence-corrected chi connectivity index (χ4v) is 3.46. The second-order valence-electron chi connectivity index (χ2n) is 6.62. The molecule has 1 radical (unpaired) electrons. The van der Waals surface area contributed by atoms with Gasteiger partial charge in [0.15, 0.2) is 5.89 Å². The number of benzene rings is 1. The Labute approximate surface area is 147 Å². The molecular formula is C19H24N5O. The molecule has 1 aliphatic heterocycles. The number of piperidine rings is 1. The first kappa shape index (κ1) is 16.1. The molecule has 3 aromatic rings. The number of aryl methyl sites for hydroxylation is 1. The van der Waals surface area contributed by atoms with Crippen molar-refractivity contribution in [3.8, 4) is 0 Å². The number of anilines is 1. The SMILES string of the molecule is [CH2]CN1CCC(Nc2nc3ccccc3n2Cc2cnc(C)o2)CC1. The van der Waals surface area contributed by atoms with Gasteiger partial charge in [-0.1, -0.05) is 12.1 Å². The molecule has 25 heavy (non-hydrogen) atoms. The second-order valence-corrected chi connectivity index (χ2v) is 6.62. The Kier molecular flexibility index (Phi) is 4.44. The first-order chi connectivity index (χ1) is 12.2. The third-order valence-corrected chi connectivity index (χ3v) is 4.87. The van der Waals surface area contributed by atoms with Crippen LogP contribution in [0.5, 0.6) is 0 Å². The van der Waals surface area contributed by atoms with E-state index in [1.165, 1.54) is 0 Å². The van der Waals surface area contributed by atoms with Crippen LogP contribution in [0.4, 0.5) is 5.95 Å². The summed E-state index contributed by atoms with van der Waals surface area (Å²) in [5, 5.41) is 3.65. The Balaban J connectivity index is 1.60. The van der Waals surface area contributed by atoms with Gasteiger partial charge in [0.25, 0.3) is 0 Å². The first-order valence-corrected chi connectivity index (χ1v) is 8.87. The van der Waals surface area contributed by atoms with Gasteiger partial charge in [0, 0.05) is 26.1 Å². The molecule has 1 saturated heterocycles. The maximum atomic E-state index is 5.68. The van der Waals surface area contributed by atoms with Gasteiger partial charge >= 0.3 is 0 Å². The molecule has 131 valence electrons. The second kappa shape index (κ2) is 6.88. The summed E-state index contributed by atoms with van der Waals surface area (Å²) < 4.78 is 7.86. The van der Waals surface area contributed by atoms with Gasteiger partial charge in [0.1, 0.15) is 5.76 Å². The van der Waals surface area contributed by atoms with Gasteiger partial charge in [-0.15, -0.1) is 0 Å². The van der Waals surface area contributed by atoms with Gasteiger partial charge in [-0.25, -0.2) is 9.97 Å². The van der Waals surface area contributed by atoms with Crippen LogP contribution in [0, 0.1) is 13.8 Å². The van der Waals surface area contributed by atoms with Crippen molar-refractivity contribution in [3.05, 3.63) is 49.0 Å². The van der Waals surface area contributed by atoms with Crippen molar-refractivity contribution in [1.29, 1.82) is 0 Å². The van der Waals surface area contributed by atoms with Crippen LogP contribution in [0.15, 0.2) is 34.9 Å². The fourth-order valence-electron chi connectivity index (χ4n) is 3.46. The van der Waals surface area contributed by atoms with Gasteiger partial charge < -0.3 is 19.2 Å². The zero-order valence-corrected chi connectivity index (χ0v) is 14.6. The lowest BCUT2D eigenvalue weighted by Crippen LogP contribution is -2.39. The fraction of sp³-hybridized carbons (Fsp3) is 0.421. The normalized spacial score (nSPS) is 16.6. The molecule has 1 fully saturated rings. The van der Waals surface area contributed by atoms with Gasteiger partial charge in [-0.2, -0.15) is 0 Å². The summed E-state index contributed by atoms with van der Waals surface area (Å²) in [7, 11) is 0. The van der Waals surface area contributed by atoms with Crippen LogP contribution in [0.1, 0.15) is 24.5 Å². The highest BCUT2D eigenvalue weighted by molar-refractivity contribution is 5.78. The van der Waals surface area contributed by atoms with Crippen LogP contribution in [0.25, 0.3) is 11.0 Å². The summed E-state index contributed by atoms with van der Waals surface area (Å²) in [4.78, 5) is 11.4. The Morgan fingerprint density at radius 1 is 1.28 bits per heavy atom. The van der Waals surface area contributed by atoms with E-state index in [1.807, 2.05) is 25.1 Å². The summed E-state index contributed by atoms with van der Waals surface area (Å²) >= 11 is 0. The van der Waals surface area contributed by atoms with E-state index in [1.54, 1.807) is 6.20 Å². The van der Waals surface area contributed by atoms with Crippen LogP contribution in [0.3, 0.4) is 0 Å². The molecule has 0 spiro atoms. The Morgan fingerprint density at radius 2 is 2.08 bits per heavy atom. The minimum Gasteiger partial charge on any atom is -0.444 e. The summed E-state index contributed by atoms with van der Waals surface area (Å²) in [5.74, 6) is 2.44. The smallest absolute Gasteiger partial charge is 0.204 e. The van der Waals surface area contributed by atoms with Crippen molar-refractivity contribution in [1.82, 2.24) is 19.4 Å². The molecule has 6 heteroatoms. The Bertz CT molecular complexity index is 844. The summed E-state index contributed by atoms with van der Waals surface area (Å²) in [6.07, 6.45) is 4.01. The molecule has 0 saturated carbocycles. The molecule has 1 aliphatic rings. The summed E-state index contributed by atoms with van der Waals surface area (Å²) in [6, 6.07) is 8.66. The van der Waals surface area contributed by atoms with Crippen LogP contribution in [0.2, 0.25) is 0 Å². The molecular weight excluding hydrogens is 314 g/mol. The molecule has 1 N–H and O–H groups in total. The summed E-state index contributed by atoms with van der Waals surface area (Å²) in [5.41, 5.74) is 2.10. The molecule has 0 atom stereocenters. The molecule has 6 nitrogen and oxygen atoms in total. The number of hydrogen-bond donors (Lipinski definition) is 1. The number of nitrogens with zero attached hydrogens (tertiary/aromatic N) is 4. The van der Waals surface area contributed by atoms with Gasteiger partial charge in [0.2, 0.25) is 5.95 Å². The van der Waals surface area contributed by atoms with Crippen LogP contribution in [-0.4, -0.2) is 45.1 Å². The third-order valence-electron chi connectivity index (χ3n) is 4.87. The van der Waals surface area contributed by atoms with E-state index in [2.05, 4.69) is 32.8 Å². The number of hydrogen-bond acceptors (Lipinski definition) is 5. The van der Waals surface area contributed by atoms with E-state index in [4.69, 9.17) is 9.40 Å². The van der Waals surface area contributed by atoms with Crippen molar-refractivity contribution in [3.63, 3.8) is 0 Å². The minimum atomic E-state index is 0.440. The Hall–Kier alpha value is -2.34. The topological polar surface area (TPSA) is 59.1 Å². The van der Waals surface area contributed by atoms with E-state index in [-0.39, 0.29) is 0 Å². The monoisotopic (exact) mass is 338 g/mol. The minimum absolute atomic E-state index is 0.440. The average molecular weight is 338 g/mol. The van der Waals surface area contributed by atoms with Crippen molar-refractivity contribution in [2.75, 3.05) is 25.0 Å². The standard InChI is InChI=1S/C19H24N5O/c1-3-23-10-8-15(9-11-23)21-19-22-17-6-4-5-7-18(17)24(19)13-16-12-20-14(2)25-16/h4-7,12,15H,1,3,8-11,13H2,2H3,(H,21,22). The van der Waals surface area contributed by atoms with Gasteiger partial charge in [-0.3, -0.25) is 0 Å². The number of nitrogens with one attached hydrogen (secondary N) is 1. The van der Waals surface area contributed by atoms with Crippen molar-refractivity contribution >= 4 is 17.0 Å². The predicted molar refractivity (Wildman–Crippen MR) is 98.5 cm³/mol. The number of aromatic nitrogens is 3. The van der Waals surface area contributed by atoms with E-state index < -0.39 is 0 Å². The maximum Gasteiger partial charge on any atom is 0.204 e. The van der Waals surface area contributed by atoms with Crippen LogP contribution >= 0.6 is 0 Å². The van der Waals surface area contributed by atoms with E-state index in [0.29, 0.717) is 18.5 Å². The third kappa shape index (κ3) is 3.39. The highest BCUT2D eigenvalue weighted by Crippen LogP contribution is 2.24. The van der Waals surface area contributed by atoms with Crippen LogP contribution in [-0.2, 0) is 6.54 Å². The number of para-hydroxylation sites is 2. The van der Waals surface area contributed by atoms with Gasteiger partial charge in [-0.05, 0) is 38.4 Å². The number of likely N-dealkylation sites (tertiary alicyclic amines) is 1. The highest BCUT2D eigenvalue weighted by atomic mass is 16.4. The molecule has 3 heterocycles. The molecule has 0 aliphatic carbocycles. The van der Waals surface area contributed by atoms with E-state index in [9.17, 15) is 0 Å². The lowest BCUT2D eigenvalue weighted by atomic mass is 10.1. The summed E-state index contributed by atoms with van der Waals surface area (Å²) in [6.45, 7) is 9.53. The van der Waals surface area contributed by atoms with E-state index in [0.717, 1.165) is 55.2 Å². The zero-order chi connectivity index (χ0) is 17.2. The largest absolute Gasteiger partial charge is 0.444 e. The lowest BCUT2D eigenvalue weighted by molar-refractivity contribution is 0.238. The molecule has 0 amide bonds. The van der Waals surface area contributed by atoms with Crippen molar-refractivity contribution < 1.29 is 4.42 Å². The number of rotatable bonds is 5. The molecule has 4 rings (SSSR count). The zero-order valence-electron chi connectivity index (χ0n) is 14.6. The first-order valence-electron chi connectivity index (χ1n) is 8.87. The molecule has 0 bridgehead atoms. The van der Waals surface area contributed by atoms with E-state index >= 15 is 0 Å². The number of fused-ring (bicyclic) bond motifs is 1. The molecule has 1 aromatic carbocycles. The predicted octanol–water partition coefficient (Wildman–Crippen LogP) is 3.09. The Morgan fingerprint density at radius 3 is 2.80 bits per heavy atom. The average Bonchev–Trinajstić information content (AvgIpc) is 3.20. The van der Waals surface area contributed by atoms with Crippen LogP contribution < -0.4 is 5.32 Å². The number of oxazole rings is 1. The van der Waals surface area contributed by atoms with Gasteiger partial charge in [0.05, 0.1) is 23.8 Å². The lowest BCUT2D eigenvalue weighted by Gasteiger charge is -2.31. The molecule has 2 aromatic heterocycles. The maximum absolute atomic E-state index is 5.68. The quantitative estimate of drug-likeness (QED) is 0.775. The highest BCUT2D eigenvalue weighted by Gasteiger charge is 2.21. The van der Waals surface area contributed by atoms with Crippen molar-refractivity contribution in [2.24, 2.45) is 0 Å². The van der Waals surface area contributed by atoms with Crippen molar-refractivity contribution in [2.45, 2.75) is 32.4 Å². The molecule has 0 unspecified atom stereocenters. The number of imidazole rings is 1.